The summed E-state index contributed by atoms with van der Waals surface area (Å²) in [6, 6.07) is 69.3. The van der Waals surface area contributed by atoms with Gasteiger partial charge in [0, 0.05) is 37.9 Å². The van der Waals surface area contributed by atoms with Crippen LogP contribution >= 0.6 is 0 Å². The van der Waals surface area contributed by atoms with E-state index in [2.05, 4.69) is 215 Å². The van der Waals surface area contributed by atoms with Gasteiger partial charge in [0.1, 0.15) is 0 Å². The van der Waals surface area contributed by atoms with Gasteiger partial charge in [-0.1, -0.05) is 164 Å². The van der Waals surface area contributed by atoms with E-state index in [-0.39, 0.29) is 0 Å². The zero-order valence-corrected chi connectivity index (χ0v) is 35.8. The second kappa shape index (κ2) is 13.5. The molecule has 14 aromatic rings. The van der Waals surface area contributed by atoms with Gasteiger partial charge in [0.15, 0.2) is 0 Å². The Morgan fingerprint density at radius 3 is 1.67 bits per heavy atom. The number of rotatable bonds is 4. The molecule has 0 spiro atoms. The first-order chi connectivity index (χ1) is 32.8. The molecule has 4 nitrogen and oxygen atoms in total. The van der Waals surface area contributed by atoms with Gasteiger partial charge in [0.2, 0.25) is 5.95 Å². The first-order valence-corrected chi connectivity index (χ1v) is 23.0. The van der Waals surface area contributed by atoms with E-state index >= 15 is 0 Å². The predicted octanol–water partition coefficient (Wildman–Crippen LogP) is 16.4. The Balaban J connectivity index is 1.09. The van der Waals surface area contributed by atoms with Crippen molar-refractivity contribution < 1.29 is 0 Å². The van der Waals surface area contributed by atoms with Gasteiger partial charge >= 0.3 is 0 Å². The van der Waals surface area contributed by atoms with Crippen LogP contribution in [0.5, 0.6) is 0 Å². The molecule has 0 N–H and O–H groups in total. The van der Waals surface area contributed by atoms with E-state index in [0.717, 1.165) is 46.0 Å². The zero-order valence-electron chi connectivity index (χ0n) is 35.8. The van der Waals surface area contributed by atoms with E-state index in [1.165, 1.54) is 103 Å². The van der Waals surface area contributed by atoms with E-state index < -0.39 is 0 Å². The molecule has 1 aliphatic rings. The summed E-state index contributed by atoms with van der Waals surface area (Å²) in [4.78, 5) is 11.0. The Morgan fingerprint density at radius 1 is 0.379 bits per heavy atom. The molecule has 0 radical (unpaired) electrons. The number of hydrogen-bond acceptors (Lipinski definition) is 2. The van der Waals surface area contributed by atoms with Gasteiger partial charge in [0.05, 0.1) is 39.0 Å². The number of nitrogens with zero attached hydrogens (tertiary/aromatic N) is 4. The molecule has 0 saturated heterocycles. The Labute approximate surface area is 378 Å². The molecular weight excluding hydrogens is 801 g/mol. The normalized spacial score (nSPS) is 13.4. The third kappa shape index (κ3) is 4.87. The van der Waals surface area contributed by atoms with Crippen molar-refractivity contribution in [3.63, 3.8) is 0 Å². The Bertz CT molecular complexity index is 4460. The molecule has 0 amide bonds. The van der Waals surface area contributed by atoms with Gasteiger partial charge in [0.25, 0.3) is 0 Å². The fourth-order valence-electron chi connectivity index (χ4n) is 11.7. The second-order valence-electron chi connectivity index (χ2n) is 17.9. The van der Waals surface area contributed by atoms with Crippen LogP contribution in [-0.2, 0) is 0 Å². The highest BCUT2D eigenvalue weighted by Gasteiger charge is 2.25. The monoisotopic (exact) mass is 838 g/mol. The number of aromatic nitrogens is 4. The zero-order chi connectivity index (χ0) is 43.0. The first kappa shape index (κ1) is 35.8. The van der Waals surface area contributed by atoms with Crippen molar-refractivity contribution in [2.75, 3.05) is 0 Å². The Hall–Kier alpha value is -8.60. The number of allylic oxidation sites excluding steroid dienone is 4. The molecule has 15 rings (SSSR count). The standard InChI is InChI=1S/C62H38N4/c1-2-16-37(17-3-1)39-20-12-21-40(34-39)61-44-23-6-9-30-51(44)63-62(64-61)66-54-32-11-8-25-46(54)60-48-29-15-27-43-42-26-14-28-47-57(42)49(50(58(43)48)36-56(60)66)35-55-59(47)45-24-7-10-31-53(45)65(55)52-33-13-19-38-18-4-5-22-41(38)52/h1-2,4-16,18-36H,3,17H2. The molecule has 0 unspecified atom stereocenters. The molecule has 0 bridgehead atoms. The average molecular weight is 839 g/mol. The second-order valence-corrected chi connectivity index (χ2v) is 17.9. The van der Waals surface area contributed by atoms with Crippen molar-refractivity contribution in [2.24, 2.45) is 0 Å². The van der Waals surface area contributed by atoms with Crippen molar-refractivity contribution in [3.8, 4) is 22.9 Å². The van der Waals surface area contributed by atoms with Crippen molar-refractivity contribution in [3.05, 3.63) is 212 Å². The molecule has 3 aromatic heterocycles. The van der Waals surface area contributed by atoms with Gasteiger partial charge in [-0.2, -0.15) is 0 Å². The van der Waals surface area contributed by atoms with Crippen LogP contribution in [0.1, 0.15) is 18.4 Å². The number of benzene rings is 11. The molecule has 4 heteroatoms. The van der Waals surface area contributed by atoms with Crippen molar-refractivity contribution in [2.45, 2.75) is 12.8 Å². The minimum Gasteiger partial charge on any atom is -0.309 e. The summed E-state index contributed by atoms with van der Waals surface area (Å²) >= 11 is 0. The molecule has 1 aliphatic carbocycles. The molecule has 306 valence electrons. The summed E-state index contributed by atoms with van der Waals surface area (Å²) in [5.74, 6) is 0.663. The highest BCUT2D eigenvalue weighted by molar-refractivity contribution is 6.41. The summed E-state index contributed by atoms with van der Waals surface area (Å²) in [5, 5.41) is 18.5. The molecule has 66 heavy (non-hydrogen) atoms. The maximum Gasteiger partial charge on any atom is 0.235 e. The minimum atomic E-state index is 0.663. The van der Waals surface area contributed by atoms with Crippen molar-refractivity contribution >= 4 is 114 Å². The van der Waals surface area contributed by atoms with Gasteiger partial charge in [-0.3, -0.25) is 4.57 Å². The topological polar surface area (TPSA) is 35.6 Å². The number of hydrogen-bond donors (Lipinski definition) is 0. The van der Waals surface area contributed by atoms with Crippen molar-refractivity contribution in [1.29, 1.82) is 0 Å². The van der Waals surface area contributed by atoms with Gasteiger partial charge < -0.3 is 4.57 Å². The lowest BCUT2D eigenvalue weighted by atomic mass is 9.87. The van der Waals surface area contributed by atoms with Crippen LogP contribution in [0.3, 0.4) is 0 Å². The van der Waals surface area contributed by atoms with Crippen LogP contribution in [0.4, 0.5) is 0 Å². The van der Waals surface area contributed by atoms with Crippen LogP contribution < -0.4 is 0 Å². The Kier molecular flexibility index (Phi) is 7.30. The van der Waals surface area contributed by atoms with E-state index in [0.29, 0.717) is 5.95 Å². The highest BCUT2D eigenvalue weighted by atomic mass is 15.2. The molecule has 0 aliphatic heterocycles. The van der Waals surface area contributed by atoms with Gasteiger partial charge in [-0.15, -0.1) is 0 Å². The smallest absolute Gasteiger partial charge is 0.235 e. The minimum absolute atomic E-state index is 0.663. The fraction of sp³-hybridized carbons (Fsp3) is 0.0323. The summed E-state index contributed by atoms with van der Waals surface area (Å²) in [5.41, 5.74) is 11.3. The summed E-state index contributed by atoms with van der Waals surface area (Å²) in [7, 11) is 0. The van der Waals surface area contributed by atoms with E-state index in [1.54, 1.807) is 0 Å². The van der Waals surface area contributed by atoms with Crippen LogP contribution in [-0.4, -0.2) is 19.1 Å². The summed E-state index contributed by atoms with van der Waals surface area (Å²) in [6.45, 7) is 0. The third-order valence-corrected chi connectivity index (χ3v) is 14.5. The maximum atomic E-state index is 5.59. The number of para-hydroxylation sites is 3. The van der Waals surface area contributed by atoms with Crippen molar-refractivity contribution in [1.82, 2.24) is 19.1 Å². The van der Waals surface area contributed by atoms with Crippen LogP contribution in [0.2, 0.25) is 0 Å². The van der Waals surface area contributed by atoms with Crippen LogP contribution in [0.15, 0.2) is 206 Å². The quantitative estimate of drug-likeness (QED) is 0.131. The van der Waals surface area contributed by atoms with Crippen LogP contribution in [0.25, 0.3) is 137 Å². The van der Waals surface area contributed by atoms with Crippen LogP contribution in [0, 0.1) is 0 Å². The summed E-state index contributed by atoms with van der Waals surface area (Å²) in [6.07, 6.45) is 8.76. The fourth-order valence-corrected chi connectivity index (χ4v) is 11.7. The number of fused-ring (bicyclic) bond motifs is 12. The molecular formula is C62H38N4. The predicted molar refractivity (Wildman–Crippen MR) is 279 cm³/mol. The van der Waals surface area contributed by atoms with Gasteiger partial charge in [-0.05, 0) is 115 Å². The SMILES string of the molecule is C1=CCCC(c2cccc(-c3nc(-n4c5ccccc5c5c6cccc7c8cccc9c8c(cc8c9c9ccccc9n8-c8cccc9ccccc89)c(cc54)c76)nc4ccccc34)c2)=C1. The molecule has 3 heterocycles. The average Bonchev–Trinajstić information content (AvgIpc) is 3.90. The Morgan fingerprint density at radius 2 is 0.939 bits per heavy atom. The molecule has 0 fully saturated rings. The van der Waals surface area contributed by atoms with E-state index in [4.69, 9.17) is 9.97 Å². The maximum absolute atomic E-state index is 5.59. The molecule has 0 saturated carbocycles. The lowest BCUT2D eigenvalue weighted by Gasteiger charge is -2.18. The lowest BCUT2D eigenvalue weighted by Crippen LogP contribution is -2.03. The van der Waals surface area contributed by atoms with Gasteiger partial charge in [-0.25, -0.2) is 9.97 Å². The largest absolute Gasteiger partial charge is 0.309 e. The highest BCUT2D eigenvalue weighted by Crippen LogP contribution is 2.49. The molecule has 0 atom stereocenters. The van der Waals surface area contributed by atoms with E-state index in [1.807, 2.05) is 0 Å². The molecule has 11 aromatic carbocycles. The lowest BCUT2D eigenvalue weighted by molar-refractivity contribution is 1.01. The van der Waals surface area contributed by atoms with E-state index in [9.17, 15) is 0 Å². The summed E-state index contributed by atoms with van der Waals surface area (Å²) < 4.78 is 4.83. The first-order valence-electron chi connectivity index (χ1n) is 23.0. The third-order valence-electron chi connectivity index (χ3n) is 14.5.